The van der Waals surface area contributed by atoms with Crippen LogP contribution in [0.4, 0.5) is 0 Å². The molecule has 0 aliphatic heterocycles. The van der Waals surface area contributed by atoms with Gasteiger partial charge in [-0.25, -0.2) is 27.1 Å². The van der Waals surface area contributed by atoms with E-state index < -0.39 is 20.0 Å². The number of rotatable bonds is 2. The van der Waals surface area contributed by atoms with E-state index >= 15 is 0 Å². The van der Waals surface area contributed by atoms with Crippen molar-refractivity contribution in [3.05, 3.63) is 36.4 Å². The first kappa shape index (κ1) is 13.0. The maximum absolute atomic E-state index is 11.2. The Bertz CT molecular complexity index is 759. The maximum Gasteiger partial charge on any atom is 0.238 e. The van der Waals surface area contributed by atoms with Crippen molar-refractivity contribution in [2.45, 2.75) is 9.79 Å². The predicted molar refractivity (Wildman–Crippen MR) is 66.7 cm³/mol. The highest BCUT2D eigenvalue weighted by Gasteiger charge is 2.11. The number of primary sulfonamides is 2. The molecule has 0 bridgehead atoms. The molecule has 0 saturated heterocycles. The molecular formula is C10H10N2O4S2. The van der Waals surface area contributed by atoms with Gasteiger partial charge in [0.05, 0.1) is 9.79 Å². The van der Waals surface area contributed by atoms with E-state index in [9.17, 15) is 16.8 Å². The molecule has 6 nitrogen and oxygen atoms in total. The molecule has 0 saturated carbocycles. The summed E-state index contributed by atoms with van der Waals surface area (Å²) in [6.45, 7) is 0. The van der Waals surface area contributed by atoms with Crippen LogP contribution in [-0.4, -0.2) is 16.8 Å². The number of sulfonamides is 2. The maximum atomic E-state index is 11.2. The van der Waals surface area contributed by atoms with Gasteiger partial charge in [0.1, 0.15) is 0 Å². The van der Waals surface area contributed by atoms with Crippen molar-refractivity contribution in [2.24, 2.45) is 10.3 Å². The molecule has 2 aromatic carbocycles. The number of nitrogens with two attached hydrogens (primary N) is 2. The van der Waals surface area contributed by atoms with Gasteiger partial charge in [0, 0.05) is 0 Å². The first-order valence-electron chi connectivity index (χ1n) is 4.77. The van der Waals surface area contributed by atoms with Crippen molar-refractivity contribution in [1.29, 1.82) is 0 Å². The normalized spacial score (nSPS) is 12.8. The average Bonchev–Trinajstić information content (AvgIpc) is 2.25. The molecule has 2 rings (SSSR count). The van der Waals surface area contributed by atoms with Crippen LogP contribution in [0, 0.1) is 0 Å². The Morgan fingerprint density at radius 2 is 1.06 bits per heavy atom. The Balaban J connectivity index is 2.76. The van der Waals surface area contributed by atoms with Crippen LogP contribution in [0.15, 0.2) is 46.2 Å². The molecular weight excluding hydrogens is 276 g/mol. The molecule has 96 valence electrons. The third-order valence-corrected chi connectivity index (χ3v) is 4.26. The zero-order valence-electron chi connectivity index (χ0n) is 9.07. The Morgan fingerprint density at radius 3 is 1.39 bits per heavy atom. The number of hydrogen-bond acceptors (Lipinski definition) is 4. The highest BCUT2D eigenvalue weighted by molar-refractivity contribution is 7.89. The standard InChI is InChI=1S/C10H10N2O4S2/c11-17(13,14)9-3-1-7-2-4-10(18(12,15)16)6-8(7)5-9/h1-6H,(H2,11,13,14)(H2,12,15,16). The van der Waals surface area contributed by atoms with E-state index in [2.05, 4.69) is 0 Å². The van der Waals surface area contributed by atoms with E-state index in [4.69, 9.17) is 10.3 Å². The highest BCUT2D eigenvalue weighted by atomic mass is 32.2. The molecule has 2 aromatic rings. The van der Waals surface area contributed by atoms with Gasteiger partial charge in [-0.05, 0) is 35.0 Å². The molecule has 4 N–H and O–H groups in total. The molecule has 0 aliphatic rings. The minimum atomic E-state index is -3.82. The first-order valence-corrected chi connectivity index (χ1v) is 7.87. The van der Waals surface area contributed by atoms with Crippen LogP contribution < -0.4 is 10.3 Å². The molecule has 0 amide bonds. The molecule has 0 aromatic heterocycles. The van der Waals surface area contributed by atoms with E-state index in [0.717, 1.165) is 0 Å². The van der Waals surface area contributed by atoms with Gasteiger partial charge < -0.3 is 0 Å². The SMILES string of the molecule is NS(=O)(=O)c1ccc2ccc(S(N)(=O)=O)cc2c1. The molecule has 18 heavy (non-hydrogen) atoms. The van der Waals surface area contributed by atoms with Crippen LogP contribution in [0.5, 0.6) is 0 Å². The van der Waals surface area contributed by atoms with E-state index in [1.807, 2.05) is 0 Å². The number of hydrogen-bond donors (Lipinski definition) is 2. The van der Waals surface area contributed by atoms with Gasteiger partial charge in [-0.3, -0.25) is 0 Å². The lowest BCUT2D eigenvalue weighted by Gasteiger charge is -2.04. The van der Waals surface area contributed by atoms with Crippen LogP contribution >= 0.6 is 0 Å². The summed E-state index contributed by atoms with van der Waals surface area (Å²) < 4.78 is 44.8. The first-order chi connectivity index (χ1) is 8.18. The third kappa shape index (κ3) is 2.51. The second kappa shape index (κ2) is 4.02. The van der Waals surface area contributed by atoms with Gasteiger partial charge in [0.25, 0.3) is 0 Å². The fourth-order valence-electron chi connectivity index (χ4n) is 1.56. The molecule has 8 heteroatoms. The summed E-state index contributed by atoms with van der Waals surface area (Å²) >= 11 is 0. The van der Waals surface area contributed by atoms with Crippen LogP contribution in [-0.2, 0) is 20.0 Å². The summed E-state index contributed by atoms with van der Waals surface area (Å²) in [6.07, 6.45) is 0. The van der Waals surface area contributed by atoms with Crippen molar-refractivity contribution in [2.75, 3.05) is 0 Å². The number of fused-ring (bicyclic) bond motifs is 1. The quantitative estimate of drug-likeness (QED) is 0.815. The van der Waals surface area contributed by atoms with Crippen molar-refractivity contribution in [3.63, 3.8) is 0 Å². The fraction of sp³-hybridized carbons (Fsp3) is 0. The summed E-state index contributed by atoms with van der Waals surface area (Å²) in [6, 6.07) is 8.41. The molecule has 0 atom stereocenters. The average molecular weight is 286 g/mol. The minimum Gasteiger partial charge on any atom is -0.225 e. The van der Waals surface area contributed by atoms with Crippen LogP contribution in [0.1, 0.15) is 0 Å². The van der Waals surface area contributed by atoms with E-state index in [1.54, 1.807) is 12.1 Å². The van der Waals surface area contributed by atoms with Crippen LogP contribution in [0.2, 0.25) is 0 Å². The summed E-state index contributed by atoms with van der Waals surface area (Å²) in [7, 11) is -7.65. The van der Waals surface area contributed by atoms with Gasteiger partial charge in [0.15, 0.2) is 0 Å². The summed E-state index contributed by atoms with van der Waals surface area (Å²) in [5.41, 5.74) is 0. The van der Waals surface area contributed by atoms with E-state index in [0.29, 0.717) is 10.8 Å². The Labute approximate surface area is 104 Å². The summed E-state index contributed by atoms with van der Waals surface area (Å²) in [5.74, 6) is 0. The molecule has 0 unspecified atom stereocenters. The lowest BCUT2D eigenvalue weighted by atomic mass is 10.1. The zero-order valence-corrected chi connectivity index (χ0v) is 10.7. The fourth-order valence-corrected chi connectivity index (χ4v) is 2.65. The predicted octanol–water partition coefficient (Wildman–Crippen LogP) is 0.135. The van der Waals surface area contributed by atoms with Crippen molar-refractivity contribution < 1.29 is 16.8 Å². The van der Waals surface area contributed by atoms with Gasteiger partial charge in [0.2, 0.25) is 20.0 Å². The molecule has 0 aliphatic carbocycles. The van der Waals surface area contributed by atoms with Gasteiger partial charge in [-0.2, -0.15) is 0 Å². The lowest BCUT2D eigenvalue weighted by molar-refractivity contribution is 0.596. The Morgan fingerprint density at radius 1 is 0.667 bits per heavy atom. The van der Waals surface area contributed by atoms with Crippen LogP contribution in [0.3, 0.4) is 0 Å². The van der Waals surface area contributed by atoms with Crippen molar-refractivity contribution in [1.82, 2.24) is 0 Å². The smallest absolute Gasteiger partial charge is 0.225 e. The summed E-state index contributed by atoms with van der Waals surface area (Å²) in [5, 5.41) is 11.1. The molecule has 0 radical (unpaired) electrons. The van der Waals surface area contributed by atoms with Gasteiger partial charge >= 0.3 is 0 Å². The van der Waals surface area contributed by atoms with Crippen LogP contribution in [0.25, 0.3) is 10.8 Å². The van der Waals surface area contributed by atoms with E-state index in [1.165, 1.54) is 24.3 Å². The molecule has 0 fully saturated rings. The van der Waals surface area contributed by atoms with E-state index in [-0.39, 0.29) is 9.79 Å². The van der Waals surface area contributed by atoms with Gasteiger partial charge in [-0.15, -0.1) is 0 Å². The lowest BCUT2D eigenvalue weighted by Crippen LogP contribution is -2.12. The van der Waals surface area contributed by atoms with Crippen molar-refractivity contribution in [3.8, 4) is 0 Å². The highest BCUT2D eigenvalue weighted by Crippen LogP contribution is 2.21. The summed E-state index contributed by atoms with van der Waals surface area (Å²) in [4.78, 5) is -0.164. The molecule has 0 heterocycles. The Hall–Kier alpha value is -1.48. The molecule has 0 spiro atoms. The largest absolute Gasteiger partial charge is 0.238 e. The second-order valence-corrected chi connectivity index (χ2v) is 6.88. The number of benzene rings is 2. The Kier molecular flexibility index (Phi) is 2.90. The van der Waals surface area contributed by atoms with Crippen molar-refractivity contribution >= 4 is 30.8 Å². The monoisotopic (exact) mass is 286 g/mol. The minimum absolute atomic E-state index is 0.0819. The van der Waals surface area contributed by atoms with Gasteiger partial charge in [-0.1, -0.05) is 12.1 Å². The zero-order chi connectivity index (χ0) is 13.6. The topological polar surface area (TPSA) is 120 Å². The second-order valence-electron chi connectivity index (χ2n) is 3.76. The third-order valence-electron chi connectivity index (χ3n) is 2.44.